The Morgan fingerprint density at radius 1 is 1.28 bits per heavy atom. The molecule has 0 aliphatic carbocycles. The highest BCUT2D eigenvalue weighted by molar-refractivity contribution is 5.88. The lowest BCUT2D eigenvalue weighted by Crippen LogP contribution is -2.50. The van der Waals surface area contributed by atoms with Crippen LogP contribution in [0.15, 0.2) is 42.7 Å². The van der Waals surface area contributed by atoms with Crippen molar-refractivity contribution in [3.8, 4) is 5.69 Å². The molecule has 1 aromatic heterocycles. The number of amides is 2. The van der Waals surface area contributed by atoms with Gasteiger partial charge in [0.25, 0.3) is 0 Å². The molecule has 1 atom stereocenters. The summed E-state index contributed by atoms with van der Waals surface area (Å²) in [6.07, 6.45) is 5.01. The molecule has 0 saturated carbocycles. The van der Waals surface area contributed by atoms with Crippen LogP contribution in [-0.2, 0) is 16.1 Å². The van der Waals surface area contributed by atoms with Crippen LogP contribution >= 0.6 is 0 Å². The fraction of sp³-hybridized carbons (Fsp3) is 0.421. The van der Waals surface area contributed by atoms with E-state index in [1.165, 1.54) is 0 Å². The summed E-state index contributed by atoms with van der Waals surface area (Å²) in [5, 5.41) is 7.17. The van der Waals surface area contributed by atoms with Gasteiger partial charge in [-0.25, -0.2) is 4.68 Å². The monoisotopic (exact) mass is 340 g/mol. The second-order valence-electron chi connectivity index (χ2n) is 6.71. The summed E-state index contributed by atoms with van der Waals surface area (Å²) in [6.45, 7) is 5.08. The van der Waals surface area contributed by atoms with Gasteiger partial charge >= 0.3 is 0 Å². The minimum atomic E-state index is -0.390. The van der Waals surface area contributed by atoms with Gasteiger partial charge in [0.1, 0.15) is 6.04 Å². The van der Waals surface area contributed by atoms with Crippen molar-refractivity contribution < 1.29 is 9.59 Å². The van der Waals surface area contributed by atoms with E-state index < -0.39 is 6.04 Å². The number of likely N-dealkylation sites (tertiary alicyclic amines) is 1. The number of aromatic nitrogens is 2. The fourth-order valence-corrected chi connectivity index (χ4v) is 3.25. The van der Waals surface area contributed by atoms with Crippen LogP contribution in [0.1, 0.15) is 32.3 Å². The van der Waals surface area contributed by atoms with Crippen molar-refractivity contribution >= 4 is 11.8 Å². The van der Waals surface area contributed by atoms with E-state index in [1.54, 1.807) is 15.8 Å². The van der Waals surface area contributed by atoms with E-state index in [0.717, 1.165) is 17.7 Å². The second-order valence-corrected chi connectivity index (χ2v) is 6.71. The molecule has 1 unspecified atom stereocenters. The standard InChI is InChI=1S/C19H24N4O2/c1-14(2)18(22-11-3-5-17(22)24)19(25)20-13-15-6-8-16(9-7-15)23-12-4-10-21-23/h4,6-10,12,14,18H,3,5,11,13H2,1-2H3,(H,20,25). The molecule has 6 nitrogen and oxygen atoms in total. The highest BCUT2D eigenvalue weighted by atomic mass is 16.2. The smallest absolute Gasteiger partial charge is 0.243 e. The number of carbonyl (C=O) groups is 2. The Hall–Kier alpha value is -2.63. The van der Waals surface area contributed by atoms with E-state index >= 15 is 0 Å². The highest BCUT2D eigenvalue weighted by Crippen LogP contribution is 2.19. The van der Waals surface area contributed by atoms with Gasteiger partial charge in [0.05, 0.1) is 5.69 Å². The van der Waals surface area contributed by atoms with Crippen molar-refractivity contribution in [2.75, 3.05) is 6.54 Å². The molecular weight excluding hydrogens is 316 g/mol. The molecule has 1 aliphatic rings. The first-order valence-corrected chi connectivity index (χ1v) is 8.72. The molecule has 0 radical (unpaired) electrons. The average molecular weight is 340 g/mol. The van der Waals surface area contributed by atoms with E-state index in [-0.39, 0.29) is 17.7 Å². The molecule has 1 fully saturated rings. The zero-order chi connectivity index (χ0) is 17.8. The molecule has 2 heterocycles. The Morgan fingerprint density at radius 3 is 2.60 bits per heavy atom. The van der Waals surface area contributed by atoms with Crippen molar-refractivity contribution in [1.29, 1.82) is 0 Å². The third-order valence-electron chi connectivity index (χ3n) is 4.52. The lowest BCUT2D eigenvalue weighted by atomic mass is 10.0. The van der Waals surface area contributed by atoms with Crippen molar-refractivity contribution in [3.63, 3.8) is 0 Å². The van der Waals surface area contributed by atoms with Gasteiger partial charge in [-0.2, -0.15) is 5.10 Å². The Kier molecular flexibility index (Phi) is 5.16. The summed E-state index contributed by atoms with van der Waals surface area (Å²) in [5.74, 6) is 0.0862. The SMILES string of the molecule is CC(C)C(C(=O)NCc1ccc(-n2cccn2)cc1)N1CCCC1=O. The van der Waals surface area contributed by atoms with E-state index in [4.69, 9.17) is 0 Å². The molecule has 0 spiro atoms. The normalized spacial score (nSPS) is 15.6. The van der Waals surface area contributed by atoms with Gasteiger partial charge in [0.2, 0.25) is 11.8 Å². The van der Waals surface area contributed by atoms with Crippen molar-refractivity contribution in [3.05, 3.63) is 48.3 Å². The van der Waals surface area contributed by atoms with Crippen molar-refractivity contribution in [2.45, 2.75) is 39.3 Å². The maximum atomic E-state index is 12.6. The molecule has 25 heavy (non-hydrogen) atoms. The van der Waals surface area contributed by atoms with Crippen LogP contribution in [0.2, 0.25) is 0 Å². The maximum absolute atomic E-state index is 12.6. The van der Waals surface area contributed by atoms with Gasteiger partial charge < -0.3 is 10.2 Å². The number of hydrogen-bond acceptors (Lipinski definition) is 3. The quantitative estimate of drug-likeness (QED) is 0.876. The first kappa shape index (κ1) is 17.2. The third kappa shape index (κ3) is 3.90. The minimum absolute atomic E-state index is 0.0809. The predicted octanol–water partition coefficient (Wildman–Crippen LogP) is 2.14. The molecule has 1 aliphatic heterocycles. The Labute approximate surface area is 147 Å². The van der Waals surface area contributed by atoms with Gasteiger partial charge in [-0.1, -0.05) is 26.0 Å². The van der Waals surface area contributed by atoms with Gasteiger partial charge in [-0.15, -0.1) is 0 Å². The number of nitrogens with one attached hydrogen (secondary N) is 1. The zero-order valence-corrected chi connectivity index (χ0v) is 14.7. The number of nitrogens with zero attached hydrogens (tertiary/aromatic N) is 3. The number of benzene rings is 1. The van der Waals surface area contributed by atoms with Gasteiger partial charge in [-0.05, 0) is 36.1 Å². The van der Waals surface area contributed by atoms with E-state index in [0.29, 0.717) is 19.5 Å². The predicted molar refractivity (Wildman–Crippen MR) is 95.0 cm³/mol. The fourth-order valence-electron chi connectivity index (χ4n) is 3.25. The number of carbonyl (C=O) groups excluding carboxylic acids is 2. The molecule has 1 aromatic carbocycles. The first-order valence-electron chi connectivity index (χ1n) is 8.72. The maximum Gasteiger partial charge on any atom is 0.243 e. The molecular formula is C19H24N4O2. The number of hydrogen-bond donors (Lipinski definition) is 1. The summed E-state index contributed by atoms with van der Waals surface area (Å²) in [4.78, 5) is 26.3. The Balaban J connectivity index is 1.61. The van der Waals surface area contributed by atoms with Crippen LogP contribution in [0, 0.1) is 5.92 Å². The summed E-state index contributed by atoms with van der Waals surface area (Å²) in [5.41, 5.74) is 1.99. The lowest BCUT2D eigenvalue weighted by Gasteiger charge is -2.29. The summed E-state index contributed by atoms with van der Waals surface area (Å²) in [7, 11) is 0. The van der Waals surface area contributed by atoms with Crippen LogP contribution < -0.4 is 5.32 Å². The van der Waals surface area contributed by atoms with Crippen LogP contribution in [-0.4, -0.2) is 39.1 Å². The van der Waals surface area contributed by atoms with E-state index in [1.807, 2.05) is 50.4 Å². The average Bonchev–Trinajstić information content (AvgIpc) is 3.26. The second kappa shape index (κ2) is 7.51. The van der Waals surface area contributed by atoms with E-state index in [9.17, 15) is 9.59 Å². The Morgan fingerprint density at radius 2 is 2.04 bits per heavy atom. The van der Waals surface area contributed by atoms with Crippen molar-refractivity contribution in [2.24, 2.45) is 5.92 Å². The van der Waals surface area contributed by atoms with Gasteiger partial charge in [0, 0.05) is 31.9 Å². The van der Waals surface area contributed by atoms with Crippen LogP contribution in [0.4, 0.5) is 0 Å². The lowest BCUT2D eigenvalue weighted by molar-refractivity contribution is -0.139. The molecule has 0 bridgehead atoms. The largest absolute Gasteiger partial charge is 0.350 e. The van der Waals surface area contributed by atoms with Gasteiger partial charge in [-0.3, -0.25) is 9.59 Å². The van der Waals surface area contributed by atoms with Crippen LogP contribution in [0.3, 0.4) is 0 Å². The molecule has 1 N–H and O–H groups in total. The summed E-state index contributed by atoms with van der Waals surface area (Å²) >= 11 is 0. The first-order chi connectivity index (χ1) is 12.1. The molecule has 132 valence electrons. The highest BCUT2D eigenvalue weighted by Gasteiger charge is 2.34. The van der Waals surface area contributed by atoms with Crippen LogP contribution in [0.5, 0.6) is 0 Å². The van der Waals surface area contributed by atoms with Crippen LogP contribution in [0.25, 0.3) is 5.69 Å². The van der Waals surface area contributed by atoms with Gasteiger partial charge in [0.15, 0.2) is 0 Å². The summed E-state index contributed by atoms with van der Waals surface area (Å²) in [6, 6.07) is 9.38. The molecule has 2 amide bonds. The molecule has 6 heteroatoms. The van der Waals surface area contributed by atoms with E-state index in [2.05, 4.69) is 10.4 Å². The third-order valence-corrected chi connectivity index (χ3v) is 4.52. The number of rotatable bonds is 6. The minimum Gasteiger partial charge on any atom is -0.350 e. The molecule has 2 aromatic rings. The molecule has 3 rings (SSSR count). The van der Waals surface area contributed by atoms with Crippen molar-refractivity contribution in [1.82, 2.24) is 20.0 Å². The summed E-state index contributed by atoms with van der Waals surface area (Å²) < 4.78 is 1.79. The topological polar surface area (TPSA) is 67.2 Å². The Bertz CT molecular complexity index is 722. The zero-order valence-electron chi connectivity index (χ0n) is 14.7. The molecule has 1 saturated heterocycles.